The van der Waals surface area contributed by atoms with E-state index in [2.05, 4.69) is 5.32 Å². The number of ketones is 1. The van der Waals surface area contributed by atoms with Gasteiger partial charge in [-0.1, -0.05) is 24.3 Å². The van der Waals surface area contributed by atoms with E-state index in [9.17, 15) is 9.59 Å². The Morgan fingerprint density at radius 3 is 2.37 bits per heavy atom. The van der Waals surface area contributed by atoms with E-state index in [4.69, 9.17) is 5.11 Å². The van der Waals surface area contributed by atoms with E-state index in [-0.39, 0.29) is 18.3 Å². The predicted molar refractivity (Wildman–Crippen MR) is 71.5 cm³/mol. The average Bonchev–Trinajstić information content (AvgIpc) is 2.42. The Morgan fingerprint density at radius 1 is 1.05 bits per heavy atom. The summed E-state index contributed by atoms with van der Waals surface area (Å²) < 4.78 is 0. The molecule has 102 valence electrons. The number of aliphatic hydroxyl groups excluding tert-OH is 1. The van der Waals surface area contributed by atoms with Crippen LogP contribution < -0.4 is 5.32 Å². The quantitative estimate of drug-likeness (QED) is 0.863. The first kappa shape index (κ1) is 13.7. The van der Waals surface area contributed by atoms with Crippen molar-refractivity contribution in [3.8, 4) is 0 Å². The Kier molecular flexibility index (Phi) is 4.68. The number of hydrogen-bond acceptors (Lipinski definition) is 3. The summed E-state index contributed by atoms with van der Waals surface area (Å²) in [7, 11) is 0. The van der Waals surface area contributed by atoms with Crippen LogP contribution in [-0.2, 0) is 22.6 Å². The highest BCUT2D eigenvalue weighted by molar-refractivity contribution is 5.89. The van der Waals surface area contributed by atoms with Crippen LogP contribution in [0.15, 0.2) is 24.3 Å². The van der Waals surface area contributed by atoms with Crippen LogP contribution in [0.1, 0.15) is 36.8 Å². The van der Waals surface area contributed by atoms with Crippen molar-refractivity contribution in [3.63, 3.8) is 0 Å². The molecule has 1 saturated heterocycles. The zero-order chi connectivity index (χ0) is 13.7. The summed E-state index contributed by atoms with van der Waals surface area (Å²) >= 11 is 0. The lowest BCUT2D eigenvalue weighted by Crippen LogP contribution is -2.43. The molecule has 1 aliphatic rings. The SMILES string of the molecule is O=C1CCCCC(=O)C(Cc2ccc(CO)cc2)N1. The van der Waals surface area contributed by atoms with E-state index in [1.54, 1.807) is 0 Å². The maximum Gasteiger partial charge on any atom is 0.220 e. The average molecular weight is 261 g/mol. The van der Waals surface area contributed by atoms with Gasteiger partial charge in [0.25, 0.3) is 0 Å². The van der Waals surface area contributed by atoms with Crippen molar-refractivity contribution in [1.29, 1.82) is 0 Å². The fourth-order valence-electron chi connectivity index (χ4n) is 2.29. The van der Waals surface area contributed by atoms with Gasteiger partial charge in [-0.2, -0.15) is 0 Å². The Morgan fingerprint density at radius 2 is 1.68 bits per heavy atom. The number of carbonyl (C=O) groups is 2. The molecule has 4 nitrogen and oxygen atoms in total. The largest absolute Gasteiger partial charge is 0.392 e. The molecule has 0 aromatic heterocycles. The lowest BCUT2D eigenvalue weighted by atomic mass is 9.96. The van der Waals surface area contributed by atoms with Crippen LogP contribution in [0.3, 0.4) is 0 Å². The molecular formula is C15H19NO3. The highest BCUT2D eigenvalue weighted by Crippen LogP contribution is 2.12. The summed E-state index contributed by atoms with van der Waals surface area (Å²) in [4.78, 5) is 23.6. The van der Waals surface area contributed by atoms with Crippen LogP contribution in [0.2, 0.25) is 0 Å². The molecule has 1 atom stereocenters. The third kappa shape index (κ3) is 3.89. The van der Waals surface area contributed by atoms with Gasteiger partial charge in [0.1, 0.15) is 0 Å². The van der Waals surface area contributed by atoms with Crippen molar-refractivity contribution in [2.45, 2.75) is 44.8 Å². The number of carbonyl (C=O) groups excluding carboxylic acids is 2. The van der Waals surface area contributed by atoms with E-state index in [1.165, 1.54) is 0 Å². The van der Waals surface area contributed by atoms with Crippen LogP contribution >= 0.6 is 0 Å². The lowest BCUT2D eigenvalue weighted by Gasteiger charge is -2.20. The van der Waals surface area contributed by atoms with Crippen LogP contribution in [0.25, 0.3) is 0 Å². The Balaban J connectivity index is 2.05. The van der Waals surface area contributed by atoms with E-state index in [1.807, 2.05) is 24.3 Å². The van der Waals surface area contributed by atoms with Crippen molar-refractivity contribution in [2.24, 2.45) is 0 Å². The summed E-state index contributed by atoms with van der Waals surface area (Å²) in [5.74, 6) is 0.0734. The molecule has 4 heteroatoms. The number of aliphatic hydroxyl groups is 1. The first-order valence-corrected chi connectivity index (χ1v) is 6.70. The van der Waals surface area contributed by atoms with E-state index < -0.39 is 6.04 Å². The summed E-state index contributed by atoms with van der Waals surface area (Å²) in [5.41, 5.74) is 1.84. The predicted octanol–water partition coefficient (Wildman–Crippen LogP) is 1.35. The molecule has 19 heavy (non-hydrogen) atoms. The third-order valence-electron chi connectivity index (χ3n) is 3.45. The van der Waals surface area contributed by atoms with E-state index in [0.29, 0.717) is 19.3 Å². The zero-order valence-corrected chi connectivity index (χ0v) is 10.9. The number of amides is 1. The molecule has 1 amide bonds. The number of benzene rings is 1. The Bertz CT molecular complexity index is 453. The summed E-state index contributed by atoms with van der Waals surface area (Å²) in [5, 5.41) is 11.8. The topological polar surface area (TPSA) is 66.4 Å². The highest BCUT2D eigenvalue weighted by Gasteiger charge is 2.22. The molecule has 0 radical (unpaired) electrons. The van der Waals surface area contributed by atoms with Crippen molar-refractivity contribution in [1.82, 2.24) is 5.32 Å². The number of rotatable bonds is 3. The van der Waals surface area contributed by atoms with E-state index >= 15 is 0 Å². The Labute approximate surface area is 112 Å². The monoisotopic (exact) mass is 261 g/mol. The molecule has 0 aliphatic carbocycles. The first-order valence-electron chi connectivity index (χ1n) is 6.70. The molecule has 1 fully saturated rings. The zero-order valence-electron chi connectivity index (χ0n) is 10.9. The third-order valence-corrected chi connectivity index (χ3v) is 3.45. The molecule has 2 N–H and O–H groups in total. The first-order chi connectivity index (χ1) is 9.19. The minimum atomic E-state index is -0.409. The lowest BCUT2D eigenvalue weighted by molar-refractivity contribution is -0.129. The second-order valence-electron chi connectivity index (χ2n) is 4.97. The molecule has 1 aliphatic heterocycles. The van der Waals surface area contributed by atoms with Crippen LogP contribution in [0.4, 0.5) is 0 Å². The van der Waals surface area contributed by atoms with E-state index in [0.717, 1.165) is 24.0 Å². The molecule has 0 spiro atoms. The maximum absolute atomic E-state index is 12.0. The van der Waals surface area contributed by atoms with Gasteiger partial charge in [-0.05, 0) is 30.4 Å². The van der Waals surface area contributed by atoms with Gasteiger partial charge in [-0.15, -0.1) is 0 Å². The standard InChI is InChI=1S/C15H19NO3/c17-10-12-7-5-11(6-8-12)9-13-14(18)3-1-2-4-15(19)16-13/h5-8,13,17H,1-4,9-10H2,(H,16,19). The van der Waals surface area contributed by atoms with Gasteiger partial charge in [0.2, 0.25) is 5.91 Å². The van der Waals surface area contributed by atoms with Crippen molar-refractivity contribution in [2.75, 3.05) is 0 Å². The summed E-state index contributed by atoms with van der Waals surface area (Å²) in [6.45, 7) is 0.0133. The number of Topliss-reactive ketones (excluding diaryl/α,β-unsaturated/α-hetero) is 1. The molecule has 1 heterocycles. The summed E-state index contributed by atoms with van der Waals surface area (Å²) in [6, 6.07) is 7.05. The number of hydrogen-bond donors (Lipinski definition) is 2. The van der Waals surface area contributed by atoms with Crippen LogP contribution in [0, 0.1) is 0 Å². The van der Waals surface area contributed by atoms with Crippen LogP contribution in [-0.4, -0.2) is 22.8 Å². The van der Waals surface area contributed by atoms with Crippen LogP contribution in [0.5, 0.6) is 0 Å². The fraction of sp³-hybridized carbons (Fsp3) is 0.467. The van der Waals surface area contributed by atoms with Gasteiger partial charge >= 0.3 is 0 Å². The molecule has 0 saturated carbocycles. The molecule has 0 bridgehead atoms. The minimum absolute atomic E-state index is 0.0133. The van der Waals surface area contributed by atoms with Gasteiger partial charge < -0.3 is 10.4 Å². The van der Waals surface area contributed by atoms with Gasteiger partial charge in [-0.3, -0.25) is 9.59 Å². The smallest absolute Gasteiger partial charge is 0.220 e. The Hall–Kier alpha value is -1.68. The fourth-order valence-corrected chi connectivity index (χ4v) is 2.29. The molecule has 1 unspecified atom stereocenters. The van der Waals surface area contributed by atoms with Crippen molar-refractivity contribution >= 4 is 11.7 Å². The minimum Gasteiger partial charge on any atom is -0.392 e. The normalized spacial score (nSPS) is 20.6. The second-order valence-corrected chi connectivity index (χ2v) is 4.97. The molecule has 1 aromatic rings. The molecular weight excluding hydrogens is 242 g/mol. The van der Waals surface area contributed by atoms with Crippen molar-refractivity contribution < 1.29 is 14.7 Å². The van der Waals surface area contributed by atoms with Gasteiger partial charge in [0.15, 0.2) is 5.78 Å². The van der Waals surface area contributed by atoms with Crippen molar-refractivity contribution in [3.05, 3.63) is 35.4 Å². The number of nitrogens with one attached hydrogen (secondary N) is 1. The molecule has 2 rings (SSSR count). The maximum atomic E-state index is 12.0. The molecule has 1 aromatic carbocycles. The highest BCUT2D eigenvalue weighted by atomic mass is 16.3. The van der Waals surface area contributed by atoms with Gasteiger partial charge in [0, 0.05) is 12.8 Å². The van der Waals surface area contributed by atoms with Gasteiger partial charge in [0.05, 0.1) is 12.6 Å². The van der Waals surface area contributed by atoms with Gasteiger partial charge in [-0.25, -0.2) is 0 Å². The summed E-state index contributed by atoms with van der Waals surface area (Å²) in [6.07, 6.45) is 3.16. The second kappa shape index (κ2) is 6.48.